The minimum Gasteiger partial charge on any atom is -0.480 e. The lowest BCUT2D eigenvalue weighted by atomic mass is 10.0. The first-order valence-electron chi connectivity index (χ1n) is 9.61. The zero-order valence-electron chi connectivity index (χ0n) is 17.0. The van der Waals surface area contributed by atoms with Crippen LogP contribution in [-0.2, 0) is 24.0 Å². The molecule has 1 rings (SSSR count). The summed E-state index contributed by atoms with van der Waals surface area (Å²) in [6.45, 7) is 5.49. The largest absolute Gasteiger partial charge is 0.480 e. The van der Waals surface area contributed by atoms with Crippen LogP contribution in [0.4, 0.5) is 0 Å². The minimum atomic E-state index is -1.34. The Balaban J connectivity index is 2.86. The van der Waals surface area contributed by atoms with E-state index in [-0.39, 0.29) is 11.8 Å². The maximum atomic E-state index is 12.7. The lowest BCUT2D eigenvalue weighted by Gasteiger charge is -2.28. The third-order valence-corrected chi connectivity index (χ3v) is 4.65. The lowest BCUT2D eigenvalue weighted by Crippen LogP contribution is -2.57. The number of likely N-dealkylation sites (tertiary alicyclic amines) is 1. The van der Waals surface area contributed by atoms with Crippen molar-refractivity contribution in [2.75, 3.05) is 6.54 Å². The standard InChI is InChI=1S/C18H31N5O6/c1-9(2)7-11(19)17(27)23-6-4-5-13(23)16(26)22-12(8-14(20)24)15(25)21-10(3)18(28)29/h9-13H,4-8,19H2,1-3H3,(H2,20,24)(H,21,25)(H,22,26)(H,28,29). The maximum Gasteiger partial charge on any atom is 0.325 e. The van der Waals surface area contributed by atoms with Gasteiger partial charge in [-0.2, -0.15) is 0 Å². The van der Waals surface area contributed by atoms with Crippen molar-refractivity contribution in [3.63, 3.8) is 0 Å². The Morgan fingerprint density at radius 2 is 1.76 bits per heavy atom. The Kier molecular flexibility index (Phi) is 9.02. The molecule has 1 aliphatic heterocycles. The van der Waals surface area contributed by atoms with E-state index in [0.29, 0.717) is 25.8 Å². The van der Waals surface area contributed by atoms with Gasteiger partial charge in [0.05, 0.1) is 12.5 Å². The van der Waals surface area contributed by atoms with Gasteiger partial charge in [-0.3, -0.25) is 24.0 Å². The number of rotatable bonds is 10. The monoisotopic (exact) mass is 413 g/mol. The topological polar surface area (TPSA) is 185 Å². The van der Waals surface area contributed by atoms with E-state index >= 15 is 0 Å². The number of carbonyl (C=O) groups is 5. The molecule has 4 amide bonds. The van der Waals surface area contributed by atoms with Crippen LogP contribution in [0.15, 0.2) is 0 Å². The number of carbonyl (C=O) groups excluding carboxylic acids is 4. The zero-order chi connectivity index (χ0) is 22.3. The molecule has 7 N–H and O–H groups in total. The number of nitrogens with zero attached hydrogens (tertiary/aromatic N) is 1. The van der Waals surface area contributed by atoms with Gasteiger partial charge in [0, 0.05) is 6.54 Å². The van der Waals surface area contributed by atoms with Crippen molar-refractivity contribution in [3.8, 4) is 0 Å². The van der Waals surface area contributed by atoms with Gasteiger partial charge in [-0.1, -0.05) is 13.8 Å². The van der Waals surface area contributed by atoms with Gasteiger partial charge in [0.1, 0.15) is 18.1 Å². The predicted octanol–water partition coefficient (Wildman–Crippen LogP) is -1.70. The molecule has 4 atom stereocenters. The molecule has 1 aliphatic rings. The van der Waals surface area contributed by atoms with E-state index in [4.69, 9.17) is 16.6 Å². The Bertz CT molecular complexity index is 653. The molecular formula is C18H31N5O6. The first-order valence-corrected chi connectivity index (χ1v) is 9.61. The summed E-state index contributed by atoms with van der Waals surface area (Å²) in [6.07, 6.45) is 0.963. The van der Waals surface area contributed by atoms with Crippen LogP contribution < -0.4 is 22.1 Å². The number of hydrogen-bond acceptors (Lipinski definition) is 6. The average Bonchev–Trinajstić information content (AvgIpc) is 3.08. The smallest absolute Gasteiger partial charge is 0.325 e. The minimum absolute atomic E-state index is 0.212. The summed E-state index contributed by atoms with van der Waals surface area (Å²) in [6, 6.07) is -4.11. The van der Waals surface area contributed by atoms with E-state index in [1.165, 1.54) is 11.8 Å². The third kappa shape index (κ3) is 7.33. The van der Waals surface area contributed by atoms with E-state index < -0.39 is 54.3 Å². The highest BCUT2D eigenvalue weighted by Crippen LogP contribution is 2.20. The van der Waals surface area contributed by atoms with Gasteiger partial charge in [-0.15, -0.1) is 0 Å². The highest BCUT2D eigenvalue weighted by Gasteiger charge is 2.38. The van der Waals surface area contributed by atoms with Gasteiger partial charge in [0.2, 0.25) is 23.6 Å². The number of aliphatic carboxylic acids is 1. The third-order valence-electron chi connectivity index (χ3n) is 4.65. The molecule has 1 heterocycles. The van der Waals surface area contributed by atoms with Crippen LogP contribution in [0.25, 0.3) is 0 Å². The molecule has 0 aromatic rings. The van der Waals surface area contributed by atoms with Crippen LogP contribution in [0.3, 0.4) is 0 Å². The van der Waals surface area contributed by atoms with Crippen molar-refractivity contribution < 1.29 is 29.1 Å². The summed E-state index contributed by atoms with van der Waals surface area (Å²) in [5, 5.41) is 13.5. The van der Waals surface area contributed by atoms with E-state index in [1.807, 2.05) is 13.8 Å². The van der Waals surface area contributed by atoms with Crippen LogP contribution in [-0.4, -0.2) is 70.3 Å². The van der Waals surface area contributed by atoms with Gasteiger partial charge in [-0.25, -0.2) is 0 Å². The summed E-state index contributed by atoms with van der Waals surface area (Å²) in [4.78, 5) is 61.2. The number of carboxylic acids is 1. The number of carboxylic acid groups (broad SMARTS) is 1. The molecule has 0 aliphatic carbocycles. The molecule has 0 bridgehead atoms. The Labute approximate surface area is 169 Å². The fraction of sp³-hybridized carbons (Fsp3) is 0.722. The van der Waals surface area contributed by atoms with E-state index in [9.17, 15) is 24.0 Å². The highest BCUT2D eigenvalue weighted by atomic mass is 16.4. The van der Waals surface area contributed by atoms with Crippen LogP contribution in [0.2, 0.25) is 0 Å². The quantitative estimate of drug-likeness (QED) is 0.282. The number of nitrogens with two attached hydrogens (primary N) is 2. The van der Waals surface area contributed by atoms with Crippen LogP contribution >= 0.6 is 0 Å². The molecule has 0 spiro atoms. The normalized spacial score (nSPS) is 19.3. The van der Waals surface area contributed by atoms with Crippen LogP contribution in [0, 0.1) is 5.92 Å². The van der Waals surface area contributed by atoms with Gasteiger partial charge in [0.15, 0.2) is 0 Å². The van der Waals surface area contributed by atoms with E-state index in [1.54, 1.807) is 0 Å². The second-order valence-corrected chi connectivity index (χ2v) is 7.73. The molecule has 4 unspecified atom stereocenters. The number of primary amides is 1. The van der Waals surface area contributed by atoms with Crippen molar-refractivity contribution >= 4 is 29.6 Å². The molecule has 1 saturated heterocycles. The summed E-state index contributed by atoms with van der Waals surface area (Å²) in [5.41, 5.74) is 11.1. The average molecular weight is 413 g/mol. The van der Waals surface area contributed by atoms with Gasteiger partial charge in [0.25, 0.3) is 0 Å². The summed E-state index contributed by atoms with van der Waals surface area (Å²) in [5.74, 6) is -3.70. The first kappa shape index (κ1) is 24.3. The lowest BCUT2D eigenvalue weighted by molar-refractivity contribution is -0.143. The first-order chi connectivity index (χ1) is 13.4. The van der Waals surface area contributed by atoms with Gasteiger partial charge >= 0.3 is 5.97 Å². The molecule has 29 heavy (non-hydrogen) atoms. The molecule has 164 valence electrons. The molecule has 1 fully saturated rings. The number of nitrogens with one attached hydrogen (secondary N) is 2. The second kappa shape index (κ2) is 10.7. The summed E-state index contributed by atoms with van der Waals surface area (Å²) < 4.78 is 0. The Hall–Kier alpha value is -2.69. The molecule has 0 saturated carbocycles. The molecule has 0 radical (unpaired) electrons. The fourth-order valence-electron chi connectivity index (χ4n) is 3.18. The Morgan fingerprint density at radius 3 is 2.28 bits per heavy atom. The Morgan fingerprint density at radius 1 is 1.14 bits per heavy atom. The van der Waals surface area contributed by atoms with Crippen molar-refractivity contribution in [1.82, 2.24) is 15.5 Å². The molecular weight excluding hydrogens is 382 g/mol. The molecule has 11 nitrogen and oxygen atoms in total. The van der Waals surface area contributed by atoms with Crippen LogP contribution in [0.5, 0.6) is 0 Å². The zero-order valence-corrected chi connectivity index (χ0v) is 17.0. The van der Waals surface area contributed by atoms with Gasteiger partial charge in [-0.05, 0) is 32.1 Å². The van der Waals surface area contributed by atoms with Crippen molar-refractivity contribution in [1.29, 1.82) is 0 Å². The van der Waals surface area contributed by atoms with Crippen LogP contribution in [0.1, 0.15) is 46.5 Å². The van der Waals surface area contributed by atoms with Crippen molar-refractivity contribution in [2.24, 2.45) is 17.4 Å². The second-order valence-electron chi connectivity index (χ2n) is 7.73. The van der Waals surface area contributed by atoms with Crippen molar-refractivity contribution in [2.45, 2.75) is 70.6 Å². The van der Waals surface area contributed by atoms with Crippen molar-refractivity contribution in [3.05, 3.63) is 0 Å². The summed E-state index contributed by atoms with van der Waals surface area (Å²) >= 11 is 0. The molecule has 0 aromatic heterocycles. The SMILES string of the molecule is CC(C)CC(N)C(=O)N1CCCC1C(=O)NC(CC(N)=O)C(=O)NC(C)C(=O)O. The number of hydrogen-bond donors (Lipinski definition) is 5. The number of amides is 4. The predicted molar refractivity (Wildman–Crippen MR) is 103 cm³/mol. The van der Waals surface area contributed by atoms with E-state index in [2.05, 4.69) is 10.6 Å². The highest BCUT2D eigenvalue weighted by molar-refractivity contribution is 5.96. The van der Waals surface area contributed by atoms with E-state index in [0.717, 1.165) is 0 Å². The molecule has 11 heteroatoms. The molecule has 0 aromatic carbocycles. The summed E-state index contributed by atoms with van der Waals surface area (Å²) in [7, 11) is 0. The van der Waals surface area contributed by atoms with Gasteiger partial charge < -0.3 is 32.1 Å². The maximum absolute atomic E-state index is 12.7. The fourth-order valence-corrected chi connectivity index (χ4v) is 3.18.